The minimum Gasteiger partial charge on any atom is -0.299 e. The Hall–Kier alpha value is -1.22. The van der Waals surface area contributed by atoms with Crippen LogP contribution in [0, 0.1) is 11.6 Å². The normalized spacial score (nSPS) is 11.5. The quantitative estimate of drug-likeness (QED) is 0.532. The van der Waals surface area contributed by atoms with E-state index in [1.54, 1.807) is 0 Å². The van der Waals surface area contributed by atoms with Crippen LogP contribution in [-0.4, -0.2) is 6.29 Å². The molecular formula is C9H5ClF2O. The molecule has 4 heteroatoms. The number of aldehydes is 1. The fourth-order valence-corrected chi connectivity index (χ4v) is 0.970. The van der Waals surface area contributed by atoms with Crippen molar-refractivity contribution in [3.8, 4) is 0 Å². The van der Waals surface area contributed by atoms with Crippen LogP contribution in [0.3, 0.4) is 0 Å². The van der Waals surface area contributed by atoms with Gasteiger partial charge >= 0.3 is 0 Å². The Bertz CT molecular complexity index is 361. The van der Waals surface area contributed by atoms with Crippen LogP contribution in [0.5, 0.6) is 0 Å². The molecule has 0 unspecified atom stereocenters. The molecule has 0 N–H and O–H groups in total. The molecule has 1 nitrogen and oxygen atoms in total. The zero-order valence-corrected chi connectivity index (χ0v) is 7.18. The van der Waals surface area contributed by atoms with Gasteiger partial charge in [0.15, 0.2) is 11.6 Å². The first-order valence-electron chi connectivity index (χ1n) is 3.41. The Balaban J connectivity index is 3.10. The lowest BCUT2D eigenvalue weighted by Crippen LogP contribution is -1.86. The Morgan fingerprint density at radius 1 is 1.31 bits per heavy atom. The molecule has 68 valence electrons. The molecule has 0 amide bonds. The number of allylic oxidation sites excluding steroid dienone is 1. The summed E-state index contributed by atoms with van der Waals surface area (Å²) < 4.78 is 25.1. The average Bonchev–Trinajstić information content (AvgIpc) is 2.10. The van der Waals surface area contributed by atoms with E-state index in [4.69, 9.17) is 11.6 Å². The number of hydrogen-bond acceptors (Lipinski definition) is 1. The molecule has 0 aliphatic heterocycles. The maximum atomic E-state index is 12.6. The van der Waals surface area contributed by atoms with Gasteiger partial charge in [-0.25, -0.2) is 8.78 Å². The van der Waals surface area contributed by atoms with Crippen molar-refractivity contribution in [2.45, 2.75) is 0 Å². The lowest BCUT2D eigenvalue weighted by molar-refractivity contribution is -0.104. The fraction of sp³-hybridized carbons (Fsp3) is 0. The van der Waals surface area contributed by atoms with E-state index in [-0.39, 0.29) is 10.6 Å². The molecule has 13 heavy (non-hydrogen) atoms. The lowest BCUT2D eigenvalue weighted by Gasteiger charge is -1.98. The van der Waals surface area contributed by atoms with Gasteiger partial charge in [0, 0.05) is 0 Å². The molecule has 1 aromatic carbocycles. The first kappa shape index (κ1) is 9.86. The lowest BCUT2D eigenvalue weighted by atomic mass is 10.2. The van der Waals surface area contributed by atoms with Crippen LogP contribution in [0.25, 0.3) is 5.03 Å². The number of rotatable bonds is 2. The van der Waals surface area contributed by atoms with E-state index in [1.165, 1.54) is 6.07 Å². The largest absolute Gasteiger partial charge is 0.299 e. The predicted octanol–water partition coefficient (Wildman–Crippen LogP) is 2.74. The summed E-state index contributed by atoms with van der Waals surface area (Å²) in [5.41, 5.74) is 0.271. The molecular weight excluding hydrogens is 198 g/mol. The highest BCUT2D eigenvalue weighted by molar-refractivity contribution is 6.49. The topological polar surface area (TPSA) is 17.1 Å². The van der Waals surface area contributed by atoms with Crippen molar-refractivity contribution in [2.24, 2.45) is 0 Å². The highest BCUT2D eigenvalue weighted by atomic mass is 35.5. The summed E-state index contributed by atoms with van der Waals surface area (Å²) >= 11 is 5.57. The molecule has 0 saturated carbocycles. The van der Waals surface area contributed by atoms with Crippen molar-refractivity contribution < 1.29 is 13.6 Å². The van der Waals surface area contributed by atoms with Crippen molar-refractivity contribution in [3.05, 3.63) is 41.5 Å². The summed E-state index contributed by atoms with van der Waals surface area (Å²) in [7, 11) is 0. The van der Waals surface area contributed by atoms with Gasteiger partial charge in [-0.05, 0) is 23.8 Å². The minimum absolute atomic E-state index is 0.0777. The molecule has 0 aromatic heterocycles. The van der Waals surface area contributed by atoms with E-state index in [2.05, 4.69) is 0 Å². The zero-order chi connectivity index (χ0) is 9.84. The Morgan fingerprint density at radius 2 is 2.00 bits per heavy atom. The van der Waals surface area contributed by atoms with Gasteiger partial charge in [0.2, 0.25) is 0 Å². The molecule has 1 aromatic rings. The van der Waals surface area contributed by atoms with Crippen LogP contribution in [0.4, 0.5) is 8.78 Å². The molecule has 0 heterocycles. The minimum atomic E-state index is -0.991. The van der Waals surface area contributed by atoms with Gasteiger partial charge in [-0.15, -0.1) is 0 Å². The molecule has 0 spiro atoms. The molecule has 0 fully saturated rings. The maximum Gasteiger partial charge on any atom is 0.159 e. The number of carbonyl (C=O) groups excluding carboxylic acids is 1. The highest BCUT2D eigenvalue weighted by Gasteiger charge is 2.04. The SMILES string of the molecule is O=C/C=C(\Cl)c1ccc(F)c(F)c1. The fourth-order valence-electron chi connectivity index (χ4n) is 0.801. The van der Waals surface area contributed by atoms with Crippen LogP contribution < -0.4 is 0 Å². The van der Waals surface area contributed by atoms with Crippen molar-refractivity contribution in [3.63, 3.8) is 0 Å². The maximum absolute atomic E-state index is 12.6. The second-order valence-electron chi connectivity index (χ2n) is 2.28. The summed E-state index contributed by atoms with van der Waals surface area (Å²) in [6.45, 7) is 0. The third-order valence-electron chi connectivity index (χ3n) is 1.41. The summed E-state index contributed by atoms with van der Waals surface area (Å²) in [4.78, 5) is 10.0. The van der Waals surface area contributed by atoms with Crippen LogP contribution in [0.1, 0.15) is 5.56 Å². The molecule has 0 saturated heterocycles. The van der Waals surface area contributed by atoms with Crippen molar-refractivity contribution >= 4 is 22.9 Å². The van der Waals surface area contributed by atoms with Gasteiger partial charge in [0.25, 0.3) is 0 Å². The van der Waals surface area contributed by atoms with E-state index in [9.17, 15) is 13.6 Å². The van der Waals surface area contributed by atoms with E-state index < -0.39 is 11.6 Å². The van der Waals surface area contributed by atoms with Gasteiger partial charge in [-0.3, -0.25) is 4.79 Å². The van der Waals surface area contributed by atoms with E-state index in [0.29, 0.717) is 6.29 Å². The van der Waals surface area contributed by atoms with Crippen LogP contribution in [-0.2, 0) is 4.79 Å². The van der Waals surface area contributed by atoms with E-state index in [1.807, 2.05) is 0 Å². The molecule has 0 bridgehead atoms. The second-order valence-corrected chi connectivity index (χ2v) is 2.69. The number of hydrogen-bond donors (Lipinski definition) is 0. The highest BCUT2D eigenvalue weighted by Crippen LogP contribution is 2.19. The first-order chi connectivity index (χ1) is 6.15. The number of carbonyl (C=O) groups is 1. The van der Waals surface area contributed by atoms with Crippen LogP contribution in [0.2, 0.25) is 0 Å². The van der Waals surface area contributed by atoms with E-state index in [0.717, 1.165) is 18.2 Å². The standard InChI is InChI=1S/C9H5ClF2O/c10-7(3-4-13)6-1-2-8(11)9(12)5-6/h1-5H/b7-3-. The monoisotopic (exact) mass is 202 g/mol. The van der Waals surface area contributed by atoms with E-state index >= 15 is 0 Å². The number of halogens is 3. The van der Waals surface area contributed by atoms with Gasteiger partial charge in [-0.2, -0.15) is 0 Å². The van der Waals surface area contributed by atoms with Gasteiger partial charge in [0.05, 0.1) is 5.03 Å². The first-order valence-corrected chi connectivity index (χ1v) is 3.79. The van der Waals surface area contributed by atoms with Crippen molar-refractivity contribution in [1.82, 2.24) is 0 Å². The third-order valence-corrected chi connectivity index (χ3v) is 1.75. The molecule has 1 rings (SSSR count). The zero-order valence-electron chi connectivity index (χ0n) is 6.43. The average molecular weight is 203 g/mol. The predicted molar refractivity (Wildman–Crippen MR) is 46.3 cm³/mol. The Kier molecular flexibility index (Phi) is 3.14. The molecule has 0 radical (unpaired) electrons. The molecule has 0 aliphatic carbocycles. The third kappa shape index (κ3) is 2.36. The Morgan fingerprint density at radius 3 is 2.54 bits per heavy atom. The Labute approximate surface area is 78.6 Å². The van der Waals surface area contributed by atoms with Gasteiger partial charge in [0.1, 0.15) is 6.29 Å². The van der Waals surface area contributed by atoms with Crippen LogP contribution in [0.15, 0.2) is 24.3 Å². The van der Waals surface area contributed by atoms with Crippen LogP contribution >= 0.6 is 11.6 Å². The van der Waals surface area contributed by atoms with Gasteiger partial charge in [-0.1, -0.05) is 17.7 Å². The molecule has 0 atom stereocenters. The van der Waals surface area contributed by atoms with Gasteiger partial charge < -0.3 is 0 Å². The van der Waals surface area contributed by atoms with Crippen molar-refractivity contribution in [1.29, 1.82) is 0 Å². The second kappa shape index (κ2) is 4.14. The summed E-state index contributed by atoms with van der Waals surface area (Å²) in [5.74, 6) is -1.94. The van der Waals surface area contributed by atoms with Crippen molar-refractivity contribution in [2.75, 3.05) is 0 Å². The summed E-state index contributed by atoms with van der Waals surface area (Å²) in [6.07, 6.45) is 1.54. The summed E-state index contributed by atoms with van der Waals surface area (Å²) in [5, 5.41) is 0.0777. The number of benzene rings is 1. The summed E-state index contributed by atoms with van der Waals surface area (Å²) in [6, 6.07) is 3.17. The molecule has 0 aliphatic rings. The smallest absolute Gasteiger partial charge is 0.159 e.